The van der Waals surface area contributed by atoms with E-state index in [1.165, 1.54) is 13.8 Å². The number of nitrogens with one attached hydrogen (secondary N) is 1. The average molecular weight is 1020 g/mol. The molecule has 6 rings (SSSR count). The number of carbonyl (C=O) groups excluding carboxylic acids is 1. The van der Waals surface area contributed by atoms with E-state index in [0.29, 0.717) is 0 Å². The molecule has 0 spiro atoms. The molecule has 0 aliphatic carbocycles. The first-order valence-electron chi connectivity index (χ1n) is 23.6. The van der Waals surface area contributed by atoms with Gasteiger partial charge in [0.1, 0.15) is 85.4 Å². The molecule has 0 aromatic carbocycles. The summed E-state index contributed by atoms with van der Waals surface area (Å²) in [5, 5.41) is 142. The van der Waals surface area contributed by atoms with Gasteiger partial charge in [0.25, 0.3) is 0 Å². The minimum absolute atomic E-state index is 0.441. The summed E-state index contributed by atoms with van der Waals surface area (Å²) in [6.45, 7) is 3.17. The lowest BCUT2D eigenvalue weighted by atomic mass is 9.86. The molecule has 6 fully saturated rings. The van der Waals surface area contributed by atoms with E-state index in [1.807, 2.05) is 0 Å². The molecule has 18 N–H and O–H groups in total. The summed E-state index contributed by atoms with van der Waals surface area (Å²) in [6, 6.07) is -4.22. The molecule has 6 saturated heterocycles. The summed E-state index contributed by atoms with van der Waals surface area (Å²) < 4.78 is 65.4. The Morgan fingerprint density at radius 3 is 1.16 bits per heavy atom. The van der Waals surface area contributed by atoms with Crippen LogP contribution in [0.5, 0.6) is 0 Å². The maximum absolute atomic E-state index is 12.5. The first kappa shape index (κ1) is 57.7. The average Bonchev–Trinajstić information content (AvgIpc) is 3.34. The molecule has 0 saturated carbocycles. The van der Waals surface area contributed by atoms with Crippen molar-refractivity contribution in [1.29, 1.82) is 0 Å². The predicted molar refractivity (Wildman–Crippen MR) is 227 cm³/mol. The van der Waals surface area contributed by atoms with Crippen LogP contribution in [0.25, 0.3) is 0 Å². The molecule has 0 bridgehead atoms. The summed E-state index contributed by atoms with van der Waals surface area (Å²) in [5.41, 5.74) is 12.2. The molecule has 28 heteroatoms. The van der Waals surface area contributed by atoms with Crippen molar-refractivity contribution in [3.63, 3.8) is 0 Å². The van der Waals surface area contributed by atoms with Gasteiger partial charge >= 0.3 is 0 Å². The van der Waals surface area contributed by atoms with Crippen molar-refractivity contribution in [3.05, 3.63) is 0 Å². The monoisotopic (exact) mass is 1020 g/mol. The van der Waals surface area contributed by atoms with E-state index >= 15 is 0 Å². The largest absolute Gasteiger partial charge is 0.394 e. The van der Waals surface area contributed by atoms with Crippen LogP contribution in [0, 0.1) is 23.7 Å². The van der Waals surface area contributed by atoms with E-state index < -0.39 is 229 Å². The normalized spacial score (nSPS) is 51.5. The first-order chi connectivity index (χ1) is 33.2. The lowest BCUT2D eigenvalue weighted by Gasteiger charge is -2.51. The van der Waals surface area contributed by atoms with E-state index in [2.05, 4.69) is 5.32 Å². The van der Waals surface area contributed by atoms with Gasteiger partial charge in [-0.15, -0.1) is 0 Å². The highest BCUT2D eigenvalue weighted by Crippen LogP contribution is 2.39. The zero-order valence-corrected chi connectivity index (χ0v) is 39.4. The van der Waals surface area contributed by atoms with Gasteiger partial charge in [-0.25, -0.2) is 0 Å². The molecular weight excluding hydrogens is 946 g/mol. The van der Waals surface area contributed by atoms with Crippen molar-refractivity contribution in [2.75, 3.05) is 39.6 Å². The molecule has 1 amide bonds. The topological polar surface area (TPSA) is 446 Å². The minimum atomic E-state index is -1.71. The minimum Gasteiger partial charge on any atom is -0.394 e. The summed E-state index contributed by atoms with van der Waals surface area (Å²) in [6.07, 6.45) is -32.4. The lowest BCUT2D eigenvalue weighted by molar-refractivity contribution is -0.375. The second kappa shape index (κ2) is 24.8. The van der Waals surface area contributed by atoms with Gasteiger partial charge in [-0.2, -0.15) is 0 Å². The molecule has 0 aromatic heterocycles. The summed E-state index contributed by atoms with van der Waals surface area (Å²) in [7, 11) is 0. The second-order valence-electron chi connectivity index (χ2n) is 19.1. The molecule has 0 radical (unpaired) electrons. The van der Waals surface area contributed by atoms with Gasteiger partial charge in [0.15, 0.2) is 37.7 Å². The number of ether oxygens (including phenoxy) is 11. The van der Waals surface area contributed by atoms with Crippen molar-refractivity contribution in [2.24, 2.45) is 35.1 Å². The van der Waals surface area contributed by atoms with Crippen molar-refractivity contribution in [1.82, 2.24) is 5.32 Å². The van der Waals surface area contributed by atoms with E-state index in [-0.39, 0.29) is 0 Å². The van der Waals surface area contributed by atoms with Crippen LogP contribution in [0.1, 0.15) is 34.6 Å². The maximum atomic E-state index is 12.5. The Morgan fingerprint density at radius 2 is 0.729 bits per heavy atom. The lowest BCUT2D eigenvalue weighted by Crippen LogP contribution is -2.69. The van der Waals surface area contributed by atoms with Crippen molar-refractivity contribution in [2.45, 2.75) is 194 Å². The van der Waals surface area contributed by atoms with Gasteiger partial charge in [0, 0.05) is 30.6 Å². The van der Waals surface area contributed by atoms with Gasteiger partial charge in [-0.3, -0.25) is 4.79 Å². The zero-order valence-electron chi connectivity index (χ0n) is 39.4. The third-order valence-corrected chi connectivity index (χ3v) is 14.4. The second-order valence-corrected chi connectivity index (χ2v) is 19.1. The fourth-order valence-electron chi connectivity index (χ4n) is 9.86. The number of carbonyl (C=O) groups is 1. The third-order valence-electron chi connectivity index (χ3n) is 14.4. The molecule has 30 unspecified atom stereocenters. The van der Waals surface area contributed by atoms with Crippen molar-refractivity contribution < 1.29 is 123 Å². The van der Waals surface area contributed by atoms with Crippen LogP contribution in [0.2, 0.25) is 0 Å². The van der Waals surface area contributed by atoms with Crippen LogP contribution >= 0.6 is 0 Å². The van der Waals surface area contributed by atoms with Gasteiger partial charge in [-0.1, -0.05) is 27.7 Å². The van der Waals surface area contributed by atoms with E-state index in [0.717, 1.165) is 6.92 Å². The zero-order chi connectivity index (χ0) is 51.6. The molecule has 70 heavy (non-hydrogen) atoms. The Morgan fingerprint density at radius 1 is 0.414 bits per heavy atom. The Hall–Kier alpha value is -1.57. The highest BCUT2D eigenvalue weighted by molar-refractivity contribution is 5.73. The van der Waals surface area contributed by atoms with Crippen LogP contribution in [-0.2, 0) is 56.9 Å². The number of aliphatic hydroxyl groups is 13. The molecule has 30 atom stereocenters. The van der Waals surface area contributed by atoms with E-state index in [4.69, 9.17) is 63.6 Å². The quantitative estimate of drug-likeness (QED) is 0.0643. The summed E-state index contributed by atoms with van der Waals surface area (Å²) >= 11 is 0. The first-order valence-corrected chi connectivity index (χ1v) is 23.6. The fourth-order valence-corrected chi connectivity index (χ4v) is 9.86. The van der Waals surface area contributed by atoms with Crippen LogP contribution in [0.3, 0.4) is 0 Å². The molecule has 6 heterocycles. The SMILES string of the molecule is CC(=O)NC1C(OC2C(CO)OC(OC3C(CO)OC(OC4C(CO)OC(OC5C(CO)OC(O)C(N)C5O)C(C)C4O)C(N)C3O)C(C)C2O)OC(CO)C(OC2OC(CO)C(C)C(O)C2C)C1O. The standard InChI is InChI=1S/C42H75N3O25/c1-12-17(6-46)61-38(13(2)26(12)53)68-36-22(11-51)65-42(25(31(36)58)45-16(5)52)70-33-20(9-49)63-40(15(4)28(33)55)67-35-21(10-50)64-41(24(44)30(35)57)69-32-19(8-48)62-39(14(3)27(32)54)66-34-18(7-47)60-37(59)23(43)29(34)56/h12-15,17-42,46-51,53-59H,6-11,43-44H2,1-5H3,(H,45,52). The highest BCUT2D eigenvalue weighted by Gasteiger charge is 2.56. The van der Waals surface area contributed by atoms with Gasteiger partial charge in [0.2, 0.25) is 5.91 Å². The number of hydrogen-bond acceptors (Lipinski definition) is 27. The van der Waals surface area contributed by atoms with Gasteiger partial charge < -0.3 is 135 Å². The Labute approximate surface area is 403 Å². The Balaban J connectivity index is 1.10. The maximum Gasteiger partial charge on any atom is 0.217 e. The molecule has 0 aromatic rings. The number of nitrogens with two attached hydrogens (primary N) is 2. The van der Waals surface area contributed by atoms with Gasteiger partial charge in [0.05, 0.1) is 76.1 Å². The third kappa shape index (κ3) is 11.9. The summed E-state index contributed by atoms with van der Waals surface area (Å²) in [4.78, 5) is 12.5. The molecule has 6 aliphatic heterocycles. The Bertz CT molecular complexity index is 1630. The number of hydrogen-bond donors (Lipinski definition) is 16. The predicted octanol–water partition coefficient (Wildman–Crippen LogP) is -8.92. The number of amides is 1. The number of rotatable bonds is 17. The molecule has 6 aliphatic rings. The summed E-state index contributed by atoms with van der Waals surface area (Å²) in [5.74, 6) is -3.81. The van der Waals surface area contributed by atoms with E-state index in [9.17, 15) is 71.2 Å². The van der Waals surface area contributed by atoms with Crippen LogP contribution in [0.15, 0.2) is 0 Å². The molecule has 408 valence electrons. The van der Waals surface area contributed by atoms with Crippen molar-refractivity contribution in [3.8, 4) is 0 Å². The van der Waals surface area contributed by atoms with Crippen LogP contribution in [0.4, 0.5) is 0 Å². The van der Waals surface area contributed by atoms with E-state index in [1.54, 1.807) is 13.8 Å². The van der Waals surface area contributed by atoms with Gasteiger partial charge in [-0.05, 0) is 0 Å². The van der Waals surface area contributed by atoms with Crippen molar-refractivity contribution >= 4 is 5.91 Å². The molecule has 28 nitrogen and oxygen atoms in total. The highest BCUT2D eigenvalue weighted by atomic mass is 16.8. The smallest absolute Gasteiger partial charge is 0.217 e. The van der Waals surface area contributed by atoms with Crippen LogP contribution in [-0.4, -0.2) is 272 Å². The fraction of sp³-hybridized carbons (Fsp3) is 0.976. The van der Waals surface area contributed by atoms with Crippen LogP contribution < -0.4 is 16.8 Å². The molecular formula is C42H75N3O25. The Kier molecular flexibility index (Phi) is 20.5. The number of aliphatic hydroxyl groups excluding tert-OH is 13.